The highest BCUT2D eigenvalue weighted by Crippen LogP contribution is 2.29. The SMILES string of the molecule is C[C@@H](NC1CC[C@@H](Oc2ccc(C(=O)O)cc2)C1)c1cccc2ccccc12. The minimum absolute atomic E-state index is 0.160. The van der Waals surface area contributed by atoms with Crippen LogP contribution in [0, 0.1) is 0 Å². The first-order valence-corrected chi connectivity index (χ1v) is 9.84. The topological polar surface area (TPSA) is 58.6 Å². The molecule has 0 heterocycles. The third-order valence-electron chi connectivity index (χ3n) is 5.56. The van der Waals surface area contributed by atoms with Gasteiger partial charge in [0.1, 0.15) is 11.9 Å². The fraction of sp³-hybridized carbons (Fsp3) is 0.292. The van der Waals surface area contributed by atoms with Gasteiger partial charge in [-0.1, -0.05) is 42.5 Å². The highest BCUT2D eigenvalue weighted by molar-refractivity contribution is 5.87. The van der Waals surface area contributed by atoms with Crippen molar-refractivity contribution in [2.24, 2.45) is 0 Å². The Morgan fingerprint density at radius 2 is 1.79 bits per heavy atom. The molecular weight excluding hydrogens is 350 g/mol. The Morgan fingerprint density at radius 1 is 1.04 bits per heavy atom. The number of benzene rings is 3. The highest BCUT2D eigenvalue weighted by atomic mass is 16.5. The summed E-state index contributed by atoms with van der Waals surface area (Å²) in [4.78, 5) is 11.0. The summed E-state index contributed by atoms with van der Waals surface area (Å²) in [6.07, 6.45) is 3.19. The van der Waals surface area contributed by atoms with Crippen molar-refractivity contribution in [3.63, 3.8) is 0 Å². The molecule has 0 saturated heterocycles. The lowest BCUT2D eigenvalue weighted by atomic mass is 9.99. The van der Waals surface area contributed by atoms with Gasteiger partial charge in [0.2, 0.25) is 0 Å². The van der Waals surface area contributed by atoms with Crippen molar-refractivity contribution in [1.82, 2.24) is 5.32 Å². The van der Waals surface area contributed by atoms with Gasteiger partial charge in [0.25, 0.3) is 0 Å². The molecule has 28 heavy (non-hydrogen) atoms. The number of carboxylic acid groups (broad SMARTS) is 1. The second kappa shape index (κ2) is 8.03. The highest BCUT2D eigenvalue weighted by Gasteiger charge is 2.27. The van der Waals surface area contributed by atoms with Crippen LogP contribution in [0.2, 0.25) is 0 Å². The maximum absolute atomic E-state index is 11.0. The molecule has 3 atom stereocenters. The minimum Gasteiger partial charge on any atom is -0.490 e. The van der Waals surface area contributed by atoms with Crippen LogP contribution in [0.1, 0.15) is 48.1 Å². The van der Waals surface area contributed by atoms with E-state index >= 15 is 0 Å². The Morgan fingerprint density at radius 3 is 2.57 bits per heavy atom. The lowest BCUT2D eigenvalue weighted by molar-refractivity contribution is 0.0697. The van der Waals surface area contributed by atoms with Gasteiger partial charge in [0, 0.05) is 12.1 Å². The van der Waals surface area contributed by atoms with E-state index in [2.05, 4.69) is 54.7 Å². The Balaban J connectivity index is 1.37. The van der Waals surface area contributed by atoms with Crippen molar-refractivity contribution < 1.29 is 14.6 Å². The van der Waals surface area contributed by atoms with E-state index in [4.69, 9.17) is 9.84 Å². The molecule has 144 valence electrons. The van der Waals surface area contributed by atoms with Crippen molar-refractivity contribution in [3.05, 3.63) is 77.9 Å². The molecule has 4 nitrogen and oxygen atoms in total. The first-order chi connectivity index (χ1) is 13.6. The summed E-state index contributed by atoms with van der Waals surface area (Å²) in [5.74, 6) is -0.183. The predicted molar refractivity (Wildman–Crippen MR) is 111 cm³/mol. The van der Waals surface area contributed by atoms with Crippen LogP contribution in [0.3, 0.4) is 0 Å². The molecule has 4 rings (SSSR count). The van der Waals surface area contributed by atoms with Crippen LogP contribution < -0.4 is 10.1 Å². The van der Waals surface area contributed by atoms with Gasteiger partial charge in [-0.05, 0) is 66.8 Å². The van der Waals surface area contributed by atoms with Gasteiger partial charge >= 0.3 is 5.97 Å². The second-order valence-corrected chi connectivity index (χ2v) is 7.54. The van der Waals surface area contributed by atoms with Gasteiger partial charge in [-0.2, -0.15) is 0 Å². The van der Waals surface area contributed by atoms with Crippen molar-refractivity contribution >= 4 is 16.7 Å². The third kappa shape index (κ3) is 4.02. The zero-order valence-corrected chi connectivity index (χ0v) is 16.0. The molecule has 0 radical (unpaired) electrons. The largest absolute Gasteiger partial charge is 0.490 e. The summed E-state index contributed by atoms with van der Waals surface area (Å²) in [5, 5.41) is 15.3. The molecule has 0 aromatic heterocycles. The Kier molecular flexibility index (Phi) is 5.31. The Bertz CT molecular complexity index is 962. The molecule has 1 aliphatic rings. The van der Waals surface area contributed by atoms with Crippen LogP contribution in [0.4, 0.5) is 0 Å². The number of fused-ring (bicyclic) bond motifs is 1. The number of hydrogen-bond acceptors (Lipinski definition) is 3. The Labute approximate surface area is 165 Å². The van der Waals surface area contributed by atoms with Crippen LogP contribution in [-0.4, -0.2) is 23.2 Å². The summed E-state index contributed by atoms with van der Waals surface area (Å²) < 4.78 is 6.06. The van der Waals surface area contributed by atoms with Crippen LogP contribution in [0.5, 0.6) is 5.75 Å². The van der Waals surface area contributed by atoms with E-state index in [9.17, 15) is 4.79 Å². The fourth-order valence-corrected chi connectivity index (χ4v) is 4.14. The minimum atomic E-state index is -0.917. The molecule has 1 aliphatic carbocycles. The molecule has 0 spiro atoms. The van der Waals surface area contributed by atoms with Crippen molar-refractivity contribution in [3.8, 4) is 5.75 Å². The number of nitrogens with one attached hydrogen (secondary N) is 1. The lowest BCUT2D eigenvalue weighted by Gasteiger charge is -2.21. The van der Waals surface area contributed by atoms with E-state index in [0.717, 1.165) is 25.0 Å². The van der Waals surface area contributed by atoms with Crippen LogP contribution in [0.15, 0.2) is 66.7 Å². The van der Waals surface area contributed by atoms with Crippen LogP contribution in [-0.2, 0) is 0 Å². The number of carbonyl (C=O) groups is 1. The predicted octanol–water partition coefficient (Wildman–Crippen LogP) is 5.19. The van der Waals surface area contributed by atoms with E-state index in [-0.39, 0.29) is 17.7 Å². The van der Waals surface area contributed by atoms with E-state index < -0.39 is 5.97 Å². The van der Waals surface area contributed by atoms with E-state index in [0.29, 0.717) is 6.04 Å². The average molecular weight is 375 g/mol. The summed E-state index contributed by atoms with van der Waals surface area (Å²) in [5.41, 5.74) is 1.61. The van der Waals surface area contributed by atoms with Crippen LogP contribution in [0.25, 0.3) is 10.8 Å². The zero-order chi connectivity index (χ0) is 19.5. The first-order valence-electron chi connectivity index (χ1n) is 9.84. The molecule has 3 aromatic rings. The smallest absolute Gasteiger partial charge is 0.335 e. The number of aromatic carboxylic acids is 1. The van der Waals surface area contributed by atoms with Crippen molar-refractivity contribution in [2.75, 3.05) is 0 Å². The molecule has 1 fully saturated rings. The molecule has 0 aliphatic heterocycles. The van der Waals surface area contributed by atoms with E-state index in [1.165, 1.54) is 16.3 Å². The molecule has 0 bridgehead atoms. The zero-order valence-electron chi connectivity index (χ0n) is 16.0. The van der Waals surface area contributed by atoms with Crippen LogP contribution >= 0.6 is 0 Å². The molecule has 0 amide bonds. The lowest BCUT2D eigenvalue weighted by Crippen LogP contribution is -2.30. The van der Waals surface area contributed by atoms with E-state index in [1.54, 1.807) is 24.3 Å². The molecule has 2 N–H and O–H groups in total. The summed E-state index contributed by atoms with van der Waals surface area (Å²) in [7, 11) is 0. The molecule has 1 unspecified atom stereocenters. The molecule has 4 heteroatoms. The summed E-state index contributed by atoms with van der Waals surface area (Å²) in [6, 6.07) is 22.3. The van der Waals surface area contributed by atoms with Gasteiger partial charge in [-0.15, -0.1) is 0 Å². The van der Waals surface area contributed by atoms with Crippen molar-refractivity contribution in [1.29, 1.82) is 0 Å². The third-order valence-corrected chi connectivity index (χ3v) is 5.56. The fourth-order valence-electron chi connectivity index (χ4n) is 4.14. The van der Waals surface area contributed by atoms with Gasteiger partial charge in [-0.25, -0.2) is 4.79 Å². The normalized spacial score (nSPS) is 20.2. The van der Waals surface area contributed by atoms with Gasteiger partial charge in [0.15, 0.2) is 0 Å². The van der Waals surface area contributed by atoms with Crippen molar-refractivity contribution in [2.45, 2.75) is 44.4 Å². The van der Waals surface area contributed by atoms with Gasteiger partial charge in [-0.3, -0.25) is 0 Å². The first kappa shape index (κ1) is 18.5. The number of carboxylic acids is 1. The Hall–Kier alpha value is -2.85. The van der Waals surface area contributed by atoms with Gasteiger partial charge < -0.3 is 15.2 Å². The monoisotopic (exact) mass is 375 g/mol. The maximum atomic E-state index is 11.0. The molecule has 3 aromatic carbocycles. The quantitative estimate of drug-likeness (QED) is 0.623. The standard InChI is InChI=1S/C24H25NO3/c1-16(22-8-4-6-17-5-2-3-7-23(17)22)25-19-11-14-21(15-19)28-20-12-9-18(10-13-20)24(26)27/h2-10,12-13,16,19,21,25H,11,14-15H2,1H3,(H,26,27)/t16-,19?,21-/m1/s1. The van der Waals surface area contributed by atoms with Gasteiger partial charge in [0.05, 0.1) is 5.56 Å². The number of ether oxygens (including phenoxy) is 1. The molecular formula is C24H25NO3. The second-order valence-electron chi connectivity index (χ2n) is 7.54. The number of rotatable bonds is 6. The van der Waals surface area contributed by atoms with E-state index in [1.807, 2.05) is 0 Å². The molecule has 1 saturated carbocycles. The maximum Gasteiger partial charge on any atom is 0.335 e. The summed E-state index contributed by atoms with van der Waals surface area (Å²) in [6.45, 7) is 2.22. The number of hydrogen-bond donors (Lipinski definition) is 2. The summed E-state index contributed by atoms with van der Waals surface area (Å²) >= 11 is 0. The average Bonchev–Trinajstić information content (AvgIpc) is 3.14.